The molecule has 1 heterocycles. The van der Waals surface area contributed by atoms with Gasteiger partial charge in [0.25, 0.3) is 0 Å². The third kappa shape index (κ3) is 3.66. The fraction of sp³-hybridized carbons (Fsp3) is 0.636. The molecule has 16 heavy (non-hydrogen) atoms. The first-order valence-corrected chi connectivity index (χ1v) is 5.57. The van der Waals surface area contributed by atoms with Gasteiger partial charge in [-0.3, -0.25) is 4.79 Å². The number of nitrogens with one attached hydrogen (secondary N) is 1. The van der Waals surface area contributed by atoms with Crippen LogP contribution in [0.2, 0.25) is 0 Å². The Morgan fingerprint density at radius 1 is 1.38 bits per heavy atom. The minimum Gasteiger partial charge on any atom is -0.478 e. The molecule has 0 radical (unpaired) electrons. The van der Waals surface area contributed by atoms with Crippen LogP contribution < -0.4 is 5.32 Å². The van der Waals surface area contributed by atoms with Crippen molar-refractivity contribution in [2.45, 2.75) is 25.8 Å². The second-order valence-electron chi connectivity index (χ2n) is 3.78. The van der Waals surface area contributed by atoms with Gasteiger partial charge in [-0.1, -0.05) is 0 Å². The van der Waals surface area contributed by atoms with Gasteiger partial charge in [-0.15, -0.1) is 0 Å². The molecule has 90 valence electrons. The molecule has 0 unspecified atom stereocenters. The van der Waals surface area contributed by atoms with E-state index in [1.165, 1.54) is 0 Å². The van der Waals surface area contributed by atoms with Gasteiger partial charge in [0.15, 0.2) is 0 Å². The van der Waals surface area contributed by atoms with E-state index in [9.17, 15) is 9.59 Å². The maximum atomic E-state index is 11.7. The fourth-order valence-electron chi connectivity index (χ4n) is 1.95. The lowest BCUT2D eigenvalue weighted by molar-refractivity contribution is -0.133. The molecule has 0 spiro atoms. The molecule has 1 fully saturated rings. The van der Waals surface area contributed by atoms with E-state index in [-0.39, 0.29) is 11.9 Å². The molecule has 0 aliphatic carbocycles. The van der Waals surface area contributed by atoms with E-state index in [1.54, 1.807) is 4.90 Å². The number of carbonyl (C=O) groups is 2. The van der Waals surface area contributed by atoms with Gasteiger partial charge in [-0.05, 0) is 32.9 Å². The number of carbonyl (C=O) groups excluding carboxylic acids is 1. The van der Waals surface area contributed by atoms with Gasteiger partial charge < -0.3 is 15.3 Å². The molecule has 0 aromatic rings. The number of piperidine rings is 1. The summed E-state index contributed by atoms with van der Waals surface area (Å²) in [6, 6.07) is 0.234. The Labute approximate surface area is 95.1 Å². The van der Waals surface area contributed by atoms with Crippen LogP contribution in [0.1, 0.15) is 19.8 Å². The fourth-order valence-corrected chi connectivity index (χ4v) is 1.95. The summed E-state index contributed by atoms with van der Waals surface area (Å²) in [4.78, 5) is 23.8. The zero-order valence-electron chi connectivity index (χ0n) is 9.48. The third-order valence-corrected chi connectivity index (χ3v) is 2.74. The summed E-state index contributed by atoms with van der Waals surface area (Å²) in [5.41, 5.74) is 0. The molecular formula is C11H18N2O3. The highest BCUT2D eigenvalue weighted by Gasteiger charge is 2.22. The normalized spacial score (nSPS) is 17.6. The van der Waals surface area contributed by atoms with Crippen LogP contribution in [0, 0.1) is 0 Å². The van der Waals surface area contributed by atoms with Crippen LogP contribution in [0.3, 0.4) is 0 Å². The van der Waals surface area contributed by atoms with Crippen LogP contribution in [-0.2, 0) is 9.59 Å². The maximum absolute atomic E-state index is 11.7. The van der Waals surface area contributed by atoms with E-state index in [0.29, 0.717) is 6.54 Å². The Morgan fingerprint density at radius 3 is 2.50 bits per heavy atom. The summed E-state index contributed by atoms with van der Waals surface area (Å²) in [6.45, 7) is 4.36. The first kappa shape index (κ1) is 12.7. The Kier molecular flexibility index (Phi) is 4.98. The minimum absolute atomic E-state index is 0.211. The molecule has 0 saturated carbocycles. The van der Waals surface area contributed by atoms with Crippen molar-refractivity contribution < 1.29 is 14.7 Å². The van der Waals surface area contributed by atoms with Crippen LogP contribution in [0.5, 0.6) is 0 Å². The molecule has 0 aromatic carbocycles. The SMILES string of the molecule is CCN(C(=O)C=CC(=O)O)C1CCNCC1. The number of nitrogens with zero attached hydrogens (tertiary/aromatic N) is 1. The molecule has 1 aliphatic rings. The van der Waals surface area contributed by atoms with Crippen molar-refractivity contribution >= 4 is 11.9 Å². The van der Waals surface area contributed by atoms with Crippen LogP contribution in [0.15, 0.2) is 12.2 Å². The average Bonchev–Trinajstić information content (AvgIpc) is 2.29. The molecular weight excluding hydrogens is 208 g/mol. The second-order valence-corrected chi connectivity index (χ2v) is 3.78. The van der Waals surface area contributed by atoms with Crippen LogP contribution in [-0.4, -0.2) is 47.6 Å². The number of rotatable bonds is 4. The highest BCUT2D eigenvalue weighted by Crippen LogP contribution is 2.12. The number of carboxylic acids is 1. The van der Waals surface area contributed by atoms with Crippen molar-refractivity contribution in [1.82, 2.24) is 10.2 Å². The van der Waals surface area contributed by atoms with Crippen molar-refractivity contribution in [1.29, 1.82) is 0 Å². The van der Waals surface area contributed by atoms with Gasteiger partial charge in [0.1, 0.15) is 0 Å². The first-order valence-electron chi connectivity index (χ1n) is 5.57. The van der Waals surface area contributed by atoms with E-state index < -0.39 is 5.97 Å². The van der Waals surface area contributed by atoms with E-state index in [4.69, 9.17) is 5.11 Å². The summed E-state index contributed by atoms with van der Waals surface area (Å²) >= 11 is 0. The van der Waals surface area contributed by atoms with Gasteiger partial charge in [-0.25, -0.2) is 4.79 Å². The third-order valence-electron chi connectivity index (χ3n) is 2.74. The zero-order chi connectivity index (χ0) is 12.0. The predicted molar refractivity (Wildman–Crippen MR) is 60.1 cm³/mol. The lowest BCUT2D eigenvalue weighted by atomic mass is 10.0. The average molecular weight is 226 g/mol. The largest absolute Gasteiger partial charge is 0.478 e. The summed E-state index contributed by atoms with van der Waals surface area (Å²) in [5, 5.41) is 11.7. The molecule has 2 N–H and O–H groups in total. The van der Waals surface area contributed by atoms with Gasteiger partial charge >= 0.3 is 5.97 Å². The minimum atomic E-state index is -1.09. The number of aliphatic carboxylic acids is 1. The number of hydrogen-bond acceptors (Lipinski definition) is 3. The molecule has 1 amide bonds. The van der Waals surface area contributed by atoms with Crippen molar-refractivity contribution in [2.75, 3.05) is 19.6 Å². The standard InChI is InChI=1S/C11H18N2O3/c1-2-13(9-5-7-12-8-6-9)10(14)3-4-11(15)16/h3-4,9,12H,2,5-8H2,1H3,(H,15,16). The van der Waals surface area contributed by atoms with Gasteiger partial charge in [0.05, 0.1) is 0 Å². The van der Waals surface area contributed by atoms with Crippen LogP contribution in [0.4, 0.5) is 0 Å². The number of hydrogen-bond donors (Lipinski definition) is 2. The summed E-state index contributed by atoms with van der Waals surface area (Å²) in [7, 11) is 0. The summed E-state index contributed by atoms with van der Waals surface area (Å²) in [6.07, 6.45) is 3.89. The smallest absolute Gasteiger partial charge is 0.328 e. The predicted octanol–water partition coefficient (Wildman–Crippen LogP) is 0.228. The topological polar surface area (TPSA) is 69.6 Å². The molecule has 1 saturated heterocycles. The van der Waals surface area contributed by atoms with Gasteiger partial charge in [0, 0.05) is 24.7 Å². The molecule has 1 rings (SSSR count). The molecule has 5 nitrogen and oxygen atoms in total. The van der Waals surface area contributed by atoms with Crippen LogP contribution in [0.25, 0.3) is 0 Å². The molecule has 0 aromatic heterocycles. The summed E-state index contributed by atoms with van der Waals surface area (Å²) in [5.74, 6) is -1.30. The highest BCUT2D eigenvalue weighted by atomic mass is 16.4. The van der Waals surface area contributed by atoms with E-state index in [1.807, 2.05) is 6.92 Å². The number of likely N-dealkylation sites (N-methyl/N-ethyl adjacent to an activating group) is 1. The Bertz CT molecular complexity index is 283. The number of amides is 1. The Hall–Kier alpha value is -1.36. The van der Waals surface area contributed by atoms with Crippen LogP contribution >= 0.6 is 0 Å². The first-order chi connectivity index (χ1) is 7.65. The number of carboxylic acid groups (broad SMARTS) is 1. The van der Waals surface area contributed by atoms with E-state index in [2.05, 4.69) is 5.32 Å². The Morgan fingerprint density at radius 2 is 2.00 bits per heavy atom. The monoisotopic (exact) mass is 226 g/mol. The van der Waals surface area contributed by atoms with Crippen molar-refractivity contribution in [3.05, 3.63) is 12.2 Å². The van der Waals surface area contributed by atoms with Crippen molar-refractivity contribution in [3.63, 3.8) is 0 Å². The molecule has 0 bridgehead atoms. The molecule has 1 aliphatic heterocycles. The van der Waals surface area contributed by atoms with Crippen molar-refractivity contribution in [2.24, 2.45) is 0 Å². The molecule has 5 heteroatoms. The Balaban J connectivity index is 2.58. The molecule has 0 atom stereocenters. The second kappa shape index (κ2) is 6.27. The quantitative estimate of drug-likeness (QED) is 0.673. The van der Waals surface area contributed by atoms with E-state index in [0.717, 1.165) is 38.1 Å². The lowest BCUT2D eigenvalue weighted by Gasteiger charge is -2.33. The van der Waals surface area contributed by atoms with Crippen molar-refractivity contribution in [3.8, 4) is 0 Å². The highest BCUT2D eigenvalue weighted by molar-refractivity contribution is 5.94. The zero-order valence-corrected chi connectivity index (χ0v) is 9.48. The maximum Gasteiger partial charge on any atom is 0.328 e. The lowest BCUT2D eigenvalue weighted by Crippen LogP contribution is -2.45. The van der Waals surface area contributed by atoms with E-state index >= 15 is 0 Å². The van der Waals surface area contributed by atoms with Gasteiger partial charge in [-0.2, -0.15) is 0 Å². The van der Waals surface area contributed by atoms with Gasteiger partial charge in [0.2, 0.25) is 5.91 Å². The summed E-state index contributed by atoms with van der Waals surface area (Å²) < 4.78 is 0.